The molecule has 1 aromatic rings. The Kier molecular flexibility index (Phi) is 2.31. The highest BCUT2D eigenvalue weighted by atomic mass is 32.2. The van der Waals surface area contributed by atoms with Crippen molar-refractivity contribution in [3.05, 3.63) is 29.8 Å². The molecule has 0 radical (unpaired) electrons. The fourth-order valence-electron chi connectivity index (χ4n) is 1.28. The fraction of sp³-hybridized carbons (Fsp3) is 0.222. The van der Waals surface area contributed by atoms with E-state index in [1.807, 2.05) is 24.3 Å². The Hall–Kier alpha value is -0.900. The number of thioether (sulfide) groups is 1. The Bertz CT molecular complexity index is 349. The van der Waals surface area contributed by atoms with E-state index in [9.17, 15) is 8.78 Å². The second kappa shape index (κ2) is 3.46. The monoisotopic (exact) mass is 199 g/mol. The SMILES string of the molecule is FC(F)SC1=Nc2ccccc2C1. The number of alkyl halides is 2. The average molecular weight is 199 g/mol. The third kappa shape index (κ3) is 1.88. The lowest BCUT2D eigenvalue weighted by molar-refractivity contribution is 0.253. The molecular weight excluding hydrogens is 192 g/mol. The van der Waals surface area contributed by atoms with Gasteiger partial charge in [0.1, 0.15) is 0 Å². The first-order valence-corrected chi connectivity index (χ1v) is 4.74. The Labute approximate surface area is 78.9 Å². The smallest absolute Gasteiger partial charge is 0.246 e. The van der Waals surface area contributed by atoms with E-state index in [0.29, 0.717) is 23.2 Å². The standard InChI is InChI=1S/C9H7F2NS/c10-9(11)13-8-5-6-3-1-2-4-7(6)12-8/h1-4,9H,5H2. The summed E-state index contributed by atoms with van der Waals surface area (Å²) in [6.45, 7) is 0. The van der Waals surface area contributed by atoms with Crippen molar-refractivity contribution < 1.29 is 8.78 Å². The zero-order chi connectivity index (χ0) is 9.26. The predicted octanol–water partition coefficient (Wildman–Crippen LogP) is 3.23. The van der Waals surface area contributed by atoms with Crippen LogP contribution in [0.5, 0.6) is 0 Å². The first-order valence-electron chi connectivity index (χ1n) is 3.86. The second-order valence-corrected chi connectivity index (χ2v) is 3.75. The lowest BCUT2D eigenvalue weighted by Gasteiger charge is -1.96. The number of fused-ring (bicyclic) bond motifs is 1. The Morgan fingerprint density at radius 2 is 2.08 bits per heavy atom. The van der Waals surface area contributed by atoms with E-state index in [-0.39, 0.29) is 0 Å². The number of aliphatic imine (C=N–C) groups is 1. The molecule has 1 heterocycles. The number of nitrogens with zero attached hydrogens (tertiary/aromatic N) is 1. The minimum absolute atomic E-state index is 0.510. The molecule has 1 aliphatic heterocycles. The minimum Gasteiger partial charge on any atom is -0.246 e. The molecule has 0 fully saturated rings. The number of hydrogen-bond donors (Lipinski definition) is 0. The van der Waals surface area contributed by atoms with E-state index in [2.05, 4.69) is 4.99 Å². The summed E-state index contributed by atoms with van der Waals surface area (Å²) in [4.78, 5) is 4.09. The van der Waals surface area contributed by atoms with Crippen molar-refractivity contribution >= 4 is 22.5 Å². The molecule has 0 aliphatic carbocycles. The number of hydrogen-bond acceptors (Lipinski definition) is 2. The van der Waals surface area contributed by atoms with Crippen LogP contribution in [-0.4, -0.2) is 10.8 Å². The van der Waals surface area contributed by atoms with Crippen LogP contribution in [0.25, 0.3) is 0 Å². The zero-order valence-corrected chi connectivity index (χ0v) is 7.52. The van der Waals surface area contributed by atoms with Gasteiger partial charge in [-0.15, -0.1) is 0 Å². The summed E-state index contributed by atoms with van der Waals surface area (Å²) in [5, 5.41) is 0.510. The zero-order valence-electron chi connectivity index (χ0n) is 6.71. The van der Waals surface area contributed by atoms with Crippen molar-refractivity contribution in [3.8, 4) is 0 Å². The third-order valence-electron chi connectivity index (χ3n) is 1.80. The van der Waals surface area contributed by atoms with Crippen molar-refractivity contribution in [2.24, 2.45) is 4.99 Å². The fourth-order valence-corrected chi connectivity index (χ4v) is 1.87. The summed E-state index contributed by atoms with van der Waals surface area (Å²) in [5.41, 5.74) is 1.86. The van der Waals surface area contributed by atoms with Crippen molar-refractivity contribution in [2.75, 3.05) is 0 Å². The molecule has 0 spiro atoms. The van der Waals surface area contributed by atoms with E-state index in [1.165, 1.54) is 0 Å². The van der Waals surface area contributed by atoms with Crippen LogP contribution >= 0.6 is 11.8 Å². The Morgan fingerprint density at radius 1 is 1.31 bits per heavy atom. The van der Waals surface area contributed by atoms with Crippen molar-refractivity contribution in [1.82, 2.24) is 0 Å². The van der Waals surface area contributed by atoms with E-state index >= 15 is 0 Å². The van der Waals surface area contributed by atoms with Crippen LogP contribution in [-0.2, 0) is 6.42 Å². The predicted molar refractivity (Wildman–Crippen MR) is 50.8 cm³/mol. The molecule has 1 aliphatic rings. The topological polar surface area (TPSA) is 12.4 Å². The molecule has 0 bridgehead atoms. The molecule has 0 atom stereocenters. The number of para-hydroxylation sites is 1. The second-order valence-electron chi connectivity index (χ2n) is 2.69. The van der Waals surface area contributed by atoms with Gasteiger partial charge >= 0.3 is 0 Å². The van der Waals surface area contributed by atoms with Crippen molar-refractivity contribution in [1.29, 1.82) is 0 Å². The van der Waals surface area contributed by atoms with Crippen LogP contribution in [0.1, 0.15) is 5.56 Å². The molecule has 1 nitrogen and oxygen atoms in total. The minimum atomic E-state index is -2.37. The lowest BCUT2D eigenvalue weighted by atomic mass is 10.2. The lowest BCUT2D eigenvalue weighted by Crippen LogP contribution is -1.95. The third-order valence-corrected chi connectivity index (χ3v) is 2.49. The molecule has 2 rings (SSSR count). The largest absolute Gasteiger partial charge is 0.290 e. The molecule has 0 saturated carbocycles. The summed E-state index contributed by atoms with van der Waals surface area (Å²) in [6.07, 6.45) is 0.547. The van der Waals surface area contributed by atoms with Crippen molar-refractivity contribution in [2.45, 2.75) is 12.2 Å². The number of benzene rings is 1. The van der Waals surface area contributed by atoms with Gasteiger partial charge in [-0.1, -0.05) is 18.2 Å². The molecule has 0 N–H and O–H groups in total. The van der Waals surface area contributed by atoms with Crippen LogP contribution in [0.15, 0.2) is 29.3 Å². The van der Waals surface area contributed by atoms with Gasteiger partial charge in [0.25, 0.3) is 5.76 Å². The average Bonchev–Trinajstić information content (AvgIpc) is 2.44. The molecule has 0 saturated heterocycles. The van der Waals surface area contributed by atoms with Gasteiger partial charge in [0.2, 0.25) is 0 Å². The number of halogens is 2. The molecule has 13 heavy (non-hydrogen) atoms. The van der Waals surface area contributed by atoms with Crippen LogP contribution < -0.4 is 0 Å². The van der Waals surface area contributed by atoms with Gasteiger partial charge < -0.3 is 0 Å². The van der Waals surface area contributed by atoms with Crippen LogP contribution in [0, 0.1) is 0 Å². The van der Waals surface area contributed by atoms with Gasteiger partial charge in [-0.3, -0.25) is 0 Å². The van der Waals surface area contributed by atoms with Crippen LogP contribution in [0.4, 0.5) is 14.5 Å². The summed E-state index contributed by atoms with van der Waals surface area (Å²) < 4.78 is 24.0. The Morgan fingerprint density at radius 3 is 2.77 bits per heavy atom. The molecular formula is C9H7F2NS. The molecule has 0 unspecified atom stereocenters. The van der Waals surface area contributed by atoms with E-state index < -0.39 is 5.76 Å². The van der Waals surface area contributed by atoms with Gasteiger partial charge in [0, 0.05) is 6.42 Å². The molecule has 4 heteroatoms. The molecule has 0 amide bonds. The van der Waals surface area contributed by atoms with E-state index in [0.717, 1.165) is 11.3 Å². The maximum absolute atomic E-state index is 12.0. The van der Waals surface area contributed by atoms with E-state index in [4.69, 9.17) is 0 Å². The van der Waals surface area contributed by atoms with Crippen LogP contribution in [0.3, 0.4) is 0 Å². The number of rotatable bonds is 1. The first kappa shape index (κ1) is 8.69. The van der Waals surface area contributed by atoms with Gasteiger partial charge in [-0.05, 0) is 23.4 Å². The van der Waals surface area contributed by atoms with Crippen molar-refractivity contribution in [3.63, 3.8) is 0 Å². The summed E-state index contributed by atoms with van der Waals surface area (Å²) in [6, 6.07) is 7.51. The van der Waals surface area contributed by atoms with Gasteiger partial charge in [0.05, 0.1) is 10.7 Å². The highest BCUT2D eigenvalue weighted by Crippen LogP contribution is 2.31. The Balaban J connectivity index is 2.17. The highest BCUT2D eigenvalue weighted by Gasteiger charge is 2.17. The summed E-state index contributed by atoms with van der Waals surface area (Å²) in [7, 11) is 0. The van der Waals surface area contributed by atoms with Gasteiger partial charge in [0.15, 0.2) is 0 Å². The maximum Gasteiger partial charge on any atom is 0.290 e. The first-order chi connectivity index (χ1) is 6.25. The maximum atomic E-state index is 12.0. The molecule has 68 valence electrons. The highest BCUT2D eigenvalue weighted by molar-refractivity contribution is 8.14. The van der Waals surface area contributed by atoms with Gasteiger partial charge in [-0.25, -0.2) is 4.99 Å². The quantitative estimate of drug-likeness (QED) is 0.676. The molecule has 0 aromatic heterocycles. The summed E-state index contributed by atoms with van der Waals surface area (Å²) in [5.74, 6) is -2.37. The normalized spacial score (nSPS) is 14.5. The summed E-state index contributed by atoms with van der Waals surface area (Å²) >= 11 is 0.535. The van der Waals surface area contributed by atoms with E-state index in [1.54, 1.807) is 0 Å². The van der Waals surface area contributed by atoms with Crippen LogP contribution in [0.2, 0.25) is 0 Å². The molecule has 1 aromatic carbocycles. The van der Waals surface area contributed by atoms with Gasteiger partial charge in [-0.2, -0.15) is 8.78 Å².